The second-order valence-corrected chi connectivity index (χ2v) is 8.44. The fourth-order valence-electron chi connectivity index (χ4n) is 3.48. The molecule has 3 rings (SSSR count). The second kappa shape index (κ2) is 7.22. The molecular weight excluding hydrogens is 354 g/mol. The van der Waals surface area contributed by atoms with Crippen molar-refractivity contribution in [3.05, 3.63) is 53.9 Å². The molecule has 0 aliphatic carbocycles. The number of ether oxygens (including phenoxy) is 1. The molecule has 0 amide bonds. The van der Waals surface area contributed by atoms with Gasteiger partial charge in [0.15, 0.2) is 0 Å². The number of hydrogen-bond acceptors (Lipinski definition) is 5. The summed E-state index contributed by atoms with van der Waals surface area (Å²) >= 11 is 0. The topological polar surface area (TPSA) is 94.6 Å². The molecular formula is C18H23N3O4S. The Bertz CT molecular complexity index is 892. The summed E-state index contributed by atoms with van der Waals surface area (Å²) in [6.07, 6.45) is 1.44. The molecule has 0 unspecified atom stereocenters. The lowest BCUT2D eigenvalue weighted by molar-refractivity contribution is 0.0590. The van der Waals surface area contributed by atoms with Gasteiger partial charge in [-0.05, 0) is 24.1 Å². The summed E-state index contributed by atoms with van der Waals surface area (Å²) in [5.41, 5.74) is 7.19. The number of rotatable bonds is 5. The van der Waals surface area contributed by atoms with Crippen molar-refractivity contribution in [1.29, 1.82) is 0 Å². The highest BCUT2D eigenvalue weighted by atomic mass is 32.2. The van der Waals surface area contributed by atoms with Gasteiger partial charge >= 0.3 is 5.97 Å². The summed E-state index contributed by atoms with van der Waals surface area (Å²) in [6.45, 7) is 1.14. The van der Waals surface area contributed by atoms with Crippen molar-refractivity contribution < 1.29 is 17.9 Å². The van der Waals surface area contributed by atoms with Gasteiger partial charge in [0.25, 0.3) is 0 Å². The van der Waals surface area contributed by atoms with E-state index in [4.69, 9.17) is 10.5 Å². The number of nitrogens with two attached hydrogens (primary N) is 1. The predicted octanol–water partition coefficient (Wildman–Crippen LogP) is 1.17. The first-order valence-electron chi connectivity index (χ1n) is 8.38. The van der Waals surface area contributed by atoms with Crippen molar-refractivity contribution in [3.63, 3.8) is 0 Å². The first kappa shape index (κ1) is 18.6. The zero-order chi connectivity index (χ0) is 18.9. The number of methoxy groups -OCH3 is 1. The summed E-state index contributed by atoms with van der Waals surface area (Å²) in [5.74, 6) is -0.465. The first-order valence-corrected chi connectivity index (χ1v) is 9.82. The van der Waals surface area contributed by atoms with Gasteiger partial charge in [-0.3, -0.25) is 0 Å². The van der Waals surface area contributed by atoms with Crippen LogP contribution in [0.4, 0.5) is 0 Å². The van der Waals surface area contributed by atoms with Gasteiger partial charge in [-0.25, -0.2) is 13.2 Å². The van der Waals surface area contributed by atoms with Crippen LogP contribution < -0.4 is 5.73 Å². The van der Waals surface area contributed by atoms with Gasteiger partial charge in [-0.15, -0.1) is 0 Å². The summed E-state index contributed by atoms with van der Waals surface area (Å²) in [7, 11) is -0.837. The fourth-order valence-corrected chi connectivity index (χ4v) is 5.07. The quantitative estimate of drug-likeness (QED) is 0.790. The Morgan fingerprint density at radius 3 is 2.58 bits per heavy atom. The molecule has 1 aliphatic heterocycles. The molecule has 2 atom stereocenters. The molecule has 0 radical (unpaired) electrons. The molecule has 2 heterocycles. The molecule has 0 spiro atoms. The third-order valence-corrected chi connectivity index (χ3v) is 6.75. The number of carbonyl (C=O) groups is 1. The SMILES string of the molecule is COC(=O)c1cc(S(=O)(=O)N2C[C@@H](CN)[C@H](c3ccccc3)C2)cn1C. The number of aryl methyl sites for hydroxylation is 1. The second-order valence-electron chi connectivity index (χ2n) is 6.50. The average Bonchev–Trinajstić information content (AvgIpc) is 3.26. The number of aromatic nitrogens is 1. The maximum absolute atomic E-state index is 13.1. The van der Waals surface area contributed by atoms with Gasteiger partial charge in [-0.2, -0.15) is 4.31 Å². The predicted molar refractivity (Wildman–Crippen MR) is 97.2 cm³/mol. The molecule has 1 aromatic heterocycles. The van der Waals surface area contributed by atoms with Gasteiger partial charge in [0.1, 0.15) is 10.6 Å². The van der Waals surface area contributed by atoms with Gasteiger partial charge < -0.3 is 15.0 Å². The van der Waals surface area contributed by atoms with Crippen LogP contribution in [0.15, 0.2) is 47.5 Å². The van der Waals surface area contributed by atoms with Crippen LogP contribution in [0.2, 0.25) is 0 Å². The van der Waals surface area contributed by atoms with Crippen LogP contribution in [0.25, 0.3) is 0 Å². The molecule has 2 aromatic rings. The Morgan fingerprint density at radius 1 is 1.27 bits per heavy atom. The highest BCUT2D eigenvalue weighted by Crippen LogP contribution is 2.35. The van der Waals surface area contributed by atoms with E-state index < -0.39 is 16.0 Å². The maximum Gasteiger partial charge on any atom is 0.354 e. The van der Waals surface area contributed by atoms with Crippen LogP contribution in [-0.4, -0.2) is 50.0 Å². The van der Waals surface area contributed by atoms with Gasteiger partial charge in [0.05, 0.1) is 7.11 Å². The van der Waals surface area contributed by atoms with Crippen molar-refractivity contribution in [2.75, 3.05) is 26.7 Å². The van der Waals surface area contributed by atoms with E-state index in [0.29, 0.717) is 19.6 Å². The highest BCUT2D eigenvalue weighted by molar-refractivity contribution is 7.89. The van der Waals surface area contributed by atoms with Gasteiger partial charge in [0, 0.05) is 32.3 Å². The molecule has 0 bridgehead atoms. The van der Waals surface area contributed by atoms with Crippen LogP contribution in [-0.2, 0) is 21.8 Å². The maximum atomic E-state index is 13.1. The lowest BCUT2D eigenvalue weighted by Crippen LogP contribution is -2.29. The fraction of sp³-hybridized carbons (Fsp3) is 0.389. The van der Waals surface area contributed by atoms with E-state index >= 15 is 0 Å². The van der Waals surface area contributed by atoms with Crippen molar-refractivity contribution in [2.24, 2.45) is 18.7 Å². The van der Waals surface area contributed by atoms with Gasteiger partial charge in [-0.1, -0.05) is 30.3 Å². The normalized spacial score (nSPS) is 21.0. The molecule has 1 aromatic carbocycles. The van der Waals surface area contributed by atoms with Crippen molar-refractivity contribution in [3.8, 4) is 0 Å². The van der Waals surface area contributed by atoms with Crippen LogP contribution in [0.5, 0.6) is 0 Å². The minimum atomic E-state index is -3.72. The summed E-state index contributed by atoms with van der Waals surface area (Å²) < 4.78 is 33.8. The van der Waals surface area contributed by atoms with Crippen LogP contribution in [0.3, 0.4) is 0 Å². The Kier molecular flexibility index (Phi) is 5.17. The van der Waals surface area contributed by atoms with Gasteiger partial charge in [0.2, 0.25) is 10.0 Å². The van der Waals surface area contributed by atoms with Crippen LogP contribution in [0.1, 0.15) is 22.0 Å². The smallest absolute Gasteiger partial charge is 0.354 e. The number of hydrogen-bond donors (Lipinski definition) is 1. The summed E-state index contributed by atoms with van der Waals surface area (Å²) in [5, 5.41) is 0. The Morgan fingerprint density at radius 2 is 1.96 bits per heavy atom. The minimum absolute atomic E-state index is 0.0518. The molecule has 2 N–H and O–H groups in total. The lowest BCUT2D eigenvalue weighted by Gasteiger charge is -2.16. The van der Waals surface area contributed by atoms with E-state index in [1.807, 2.05) is 30.3 Å². The van der Waals surface area contributed by atoms with Crippen molar-refractivity contribution >= 4 is 16.0 Å². The molecule has 1 saturated heterocycles. The molecule has 26 heavy (non-hydrogen) atoms. The molecule has 0 saturated carbocycles. The number of esters is 1. The Balaban J connectivity index is 1.90. The standard InChI is InChI=1S/C18H23N3O4S/c1-20-11-15(8-17(20)18(22)25-2)26(23,24)21-10-14(9-19)16(12-21)13-6-4-3-5-7-13/h3-8,11,14,16H,9-10,12,19H2,1-2H3/t14-,16+/m1/s1. The minimum Gasteiger partial charge on any atom is -0.464 e. The van der Waals surface area contributed by atoms with E-state index in [9.17, 15) is 13.2 Å². The third kappa shape index (κ3) is 3.27. The monoisotopic (exact) mass is 377 g/mol. The zero-order valence-corrected chi connectivity index (χ0v) is 15.6. The van der Waals surface area contributed by atoms with E-state index in [-0.39, 0.29) is 22.4 Å². The van der Waals surface area contributed by atoms with Crippen molar-refractivity contribution in [2.45, 2.75) is 10.8 Å². The van der Waals surface area contributed by atoms with E-state index in [0.717, 1.165) is 5.56 Å². The summed E-state index contributed by atoms with van der Waals surface area (Å²) in [4.78, 5) is 11.9. The van der Waals surface area contributed by atoms with Crippen LogP contribution >= 0.6 is 0 Å². The Labute approximate surface area is 153 Å². The summed E-state index contributed by atoms with van der Waals surface area (Å²) in [6, 6.07) is 11.2. The van der Waals surface area contributed by atoms with E-state index in [2.05, 4.69) is 0 Å². The molecule has 7 nitrogen and oxygen atoms in total. The third-order valence-electron chi connectivity index (χ3n) is 4.95. The van der Waals surface area contributed by atoms with E-state index in [1.165, 1.54) is 28.2 Å². The van der Waals surface area contributed by atoms with Crippen LogP contribution in [0, 0.1) is 5.92 Å². The van der Waals surface area contributed by atoms with Crippen molar-refractivity contribution in [1.82, 2.24) is 8.87 Å². The number of carbonyl (C=O) groups excluding carboxylic acids is 1. The molecule has 1 fully saturated rings. The first-order chi connectivity index (χ1) is 12.4. The number of nitrogens with zero attached hydrogens (tertiary/aromatic N) is 2. The van der Waals surface area contributed by atoms with E-state index in [1.54, 1.807) is 7.05 Å². The average molecular weight is 377 g/mol. The molecule has 8 heteroatoms. The molecule has 1 aliphatic rings. The number of benzene rings is 1. The largest absolute Gasteiger partial charge is 0.464 e. The molecule has 140 valence electrons. The lowest BCUT2D eigenvalue weighted by atomic mass is 9.89. The highest BCUT2D eigenvalue weighted by Gasteiger charge is 2.40. The Hall–Kier alpha value is -2.16. The number of sulfonamides is 1. The zero-order valence-electron chi connectivity index (χ0n) is 14.8.